The molecule has 16 heavy (non-hydrogen) atoms. The van der Waals surface area contributed by atoms with Crippen LogP contribution in [0.2, 0.25) is 0 Å². The lowest BCUT2D eigenvalue weighted by molar-refractivity contribution is 0.101. The van der Waals surface area contributed by atoms with Crippen molar-refractivity contribution in [3.63, 3.8) is 0 Å². The van der Waals surface area contributed by atoms with Crippen molar-refractivity contribution in [2.24, 2.45) is 5.92 Å². The molecule has 0 aromatic carbocycles. The minimum absolute atomic E-state index is 0.0373. The van der Waals surface area contributed by atoms with Crippen LogP contribution < -0.4 is 10.6 Å². The molecule has 2 unspecified atom stereocenters. The van der Waals surface area contributed by atoms with Gasteiger partial charge in [0.25, 0.3) is 0 Å². The summed E-state index contributed by atoms with van der Waals surface area (Å²) < 4.78 is 0. The SMILES string of the molecule is O=C(NCC1CCCC(O)C1)NC1CCC1. The first-order valence-corrected chi connectivity index (χ1v) is 6.46. The van der Waals surface area contributed by atoms with E-state index in [0.29, 0.717) is 18.5 Å². The Kier molecular flexibility index (Phi) is 4.04. The molecule has 0 spiro atoms. The van der Waals surface area contributed by atoms with Crippen LogP contribution in [-0.4, -0.2) is 29.8 Å². The zero-order valence-corrected chi connectivity index (χ0v) is 9.74. The quantitative estimate of drug-likeness (QED) is 0.681. The molecule has 0 radical (unpaired) electrons. The largest absolute Gasteiger partial charge is 0.393 e. The number of aliphatic hydroxyl groups is 1. The van der Waals surface area contributed by atoms with Crippen molar-refractivity contribution in [3.05, 3.63) is 0 Å². The summed E-state index contributed by atoms with van der Waals surface area (Å²) in [6.07, 6.45) is 7.29. The highest BCUT2D eigenvalue weighted by Gasteiger charge is 2.22. The third-order valence-electron chi connectivity index (χ3n) is 3.75. The number of urea groups is 1. The van der Waals surface area contributed by atoms with Crippen molar-refractivity contribution in [1.29, 1.82) is 0 Å². The third-order valence-corrected chi connectivity index (χ3v) is 3.75. The van der Waals surface area contributed by atoms with Crippen LogP contribution in [0.4, 0.5) is 4.79 Å². The van der Waals surface area contributed by atoms with Crippen molar-refractivity contribution in [2.45, 2.75) is 57.1 Å². The molecule has 2 saturated carbocycles. The maximum absolute atomic E-state index is 11.5. The van der Waals surface area contributed by atoms with E-state index < -0.39 is 0 Å². The van der Waals surface area contributed by atoms with E-state index >= 15 is 0 Å². The predicted molar refractivity (Wildman–Crippen MR) is 62.1 cm³/mol. The molecular weight excluding hydrogens is 204 g/mol. The Balaban J connectivity index is 1.60. The van der Waals surface area contributed by atoms with Gasteiger partial charge in [-0.25, -0.2) is 4.79 Å². The highest BCUT2D eigenvalue weighted by atomic mass is 16.3. The van der Waals surface area contributed by atoms with E-state index in [9.17, 15) is 9.90 Å². The van der Waals surface area contributed by atoms with Crippen molar-refractivity contribution in [2.75, 3.05) is 6.54 Å². The van der Waals surface area contributed by atoms with E-state index in [1.807, 2.05) is 0 Å². The van der Waals surface area contributed by atoms with Gasteiger partial charge in [0, 0.05) is 12.6 Å². The lowest BCUT2D eigenvalue weighted by atomic mass is 9.87. The maximum atomic E-state index is 11.5. The Morgan fingerprint density at radius 1 is 1.19 bits per heavy atom. The molecule has 2 atom stereocenters. The van der Waals surface area contributed by atoms with Gasteiger partial charge in [-0.1, -0.05) is 6.42 Å². The van der Waals surface area contributed by atoms with Gasteiger partial charge in [0.15, 0.2) is 0 Å². The molecule has 0 saturated heterocycles. The number of rotatable bonds is 3. The first-order chi connectivity index (χ1) is 7.74. The van der Waals surface area contributed by atoms with Gasteiger partial charge < -0.3 is 15.7 Å². The summed E-state index contributed by atoms with van der Waals surface area (Å²) in [5.41, 5.74) is 0. The Bertz CT molecular complexity index is 241. The fourth-order valence-electron chi connectivity index (χ4n) is 2.47. The van der Waals surface area contributed by atoms with Crippen LogP contribution in [0.3, 0.4) is 0 Å². The average Bonchev–Trinajstić information content (AvgIpc) is 2.21. The number of carbonyl (C=O) groups is 1. The molecule has 3 N–H and O–H groups in total. The summed E-state index contributed by atoms with van der Waals surface area (Å²) in [5, 5.41) is 15.4. The van der Waals surface area contributed by atoms with Gasteiger partial charge in [-0.05, 0) is 44.4 Å². The summed E-state index contributed by atoms with van der Waals surface area (Å²) in [5.74, 6) is 0.455. The summed E-state index contributed by atoms with van der Waals surface area (Å²) in [6, 6.07) is 0.363. The van der Waals surface area contributed by atoms with Crippen molar-refractivity contribution < 1.29 is 9.90 Å². The minimum atomic E-state index is -0.157. The summed E-state index contributed by atoms with van der Waals surface area (Å²) in [4.78, 5) is 11.5. The Morgan fingerprint density at radius 3 is 2.56 bits per heavy atom. The lowest BCUT2D eigenvalue weighted by Gasteiger charge is -2.28. The molecule has 2 aliphatic carbocycles. The number of aliphatic hydroxyl groups excluding tert-OH is 1. The van der Waals surface area contributed by atoms with E-state index in [0.717, 1.165) is 38.5 Å². The van der Waals surface area contributed by atoms with Crippen LogP contribution in [0, 0.1) is 5.92 Å². The predicted octanol–water partition coefficient (Wildman–Crippen LogP) is 1.39. The van der Waals surface area contributed by atoms with E-state index in [1.165, 1.54) is 6.42 Å². The highest BCUT2D eigenvalue weighted by molar-refractivity contribution is 5.74. The number of hydrogen-bond acceptors (Lipinski definition) is 2. The van der Waals surface area contributed by atoms with Crippen LogP contribution in [0.5, 0.6) is 0 Å². The number of amides is 2. The number of nitrogens with one attached hydrogen (secondary N) is 2. The van der Waals surface area contributed by atoms with Gasteiger partial charge >= 0.3 is 6.03 Å². The fraction of sp³-hybridized carbons (Fsp3) is 0.917. The highest BCUT2D eigenvalue weighted by Crippen LogP contribution is 2.23. The minimum Gasteiger partial charge on any atom is -0.393 e. The van der Waals surface area contributed by atoms with Gasteiger partial charge in [0.1, 0.15) is 0 Å². The fourth-order valence-corrected chi connectivity index (χ4v) is 2.47. The van der Waals surface area contributed by atoms with Gasteiger partial charge in [-0.3, -0.25) is 0 Å². The molecule has 0 heterocycles. The molecule has 4 heteroatoms. The molecular formula is C12H22N2O2. The molecule has 4 nitrogen and oxygen atoms in total. The molecule has 0 bridgehead atoms. The number of carbonyl (C=O) groups excluding carboxylic acids is 1. The van der Waals surface area contributed by atoms with E-state index in [2.05, 4.69) is 10.6 Å². The standard InChI is InChI=1S/C12H22N2O2/c15-11-6-1-3-9(7-11)8-13-12(16)14-10-4-2-5-10/h9-11,15H,1-8H2,(H2,13,14,16). The Hall–Kier alpha value is -0.770. The van der Waals surface area contributed by atoms with Gasteiger partial charge in [0.2, 0.25) is 0 Å². The second kappa shape index (κ2) is 5.53. The van der Waals surface area contributed by atoms with Gasteiger partial charge in [-0.2, -0.15) is 0 Å². The second-order valence-corrected chi connectivity index (χ2v) is 5.17. The molecule has 0 aromatic rings. The molecule has 92 valence electrons. The van der Waals surface area contributed by atoms with Crippen molar-refractivity contribution in [3.8, 4) is 0 Å². The Labute approximate surface area is 96.8 Å². The monoisotopic (exact) mass is 226 g/mol. The summed E-state index contributed by atoms with van der Waals surface area (Å²) in [7, 11) is 0. The topological polar surface area (TPSA) is 61.4 Å². The average molecular weight is 226 g/mol. The second-order valence-electron chi connectivity index (χ2n) is 5.17. The molecule has 2 amide bonds. The van der Waals surface area contributed by atoms with E-state index in [1.54, 1.807) is 0 Å². The lowest BCUT2D eigenvalue weighted by Crippen LogP contribution is -2.46. The number of hydrogen-bond donors (Lipinski definition) is 3. The smallest absolute Gasteiger partial charge is 0.315 e. The van der Waals surface area contributed by atoms with Crippen LogP contribution >= 0.6 is 0 Å². The molecule has 2 rings (SSSR count). The van der Waals surface area contributed by atoms with Crippen LogP contribution in [0.15, 0.2) is 0 Å². The summed E-state index contributed by atoms with van der Waals surface area (Å²) in [6.45, 7) is 0.704. The Morgan fingerprint density at radius 2 is 1.94 bits per heavy atom. The maximum Gasteiger partial charge on any atom is 0.315 e. The summed E-state index contributed by atoms with van der Waals surface area (Å²) >= 11 is 0. The third kappa shape index (κ3) is 3.37. The van der Waals surface area contributed by atoms with Gasteiger partial charge in [-0.15, -0.1) is 0 Å². The van der Waals surface area contributed by atoms with Crippen molar-refractivity contribution in [1.82, 2.24) is 10.6 Å². The molecule has 0 aliphatic heterocycles. The zero-order valence-electron chi connectivity index (χ0n) is 9.74. The van der Waals surface area contributed by atoms with Crippen molar-refractivity contribution >= 4 is 6.03 Å². The van der Waals surface area contributed by atoms with E-state index in [-0.39, 0.29) is 12.1 Å². The first kappa shape index (κ1) is 11.7. The van der Waals surface area contributed by atoms with E-state index in [4.69, 9.17) is 0 Å². The van der Waals surface area contributed by atoms with Crippen LogP contribution in [0.25, 0.3) is 0 Å². The van der Waals surface area contributed by atoms with Crippen LogP contribution in [-0.2, 0) is 0 Å². The van der Waals surface area contributed by atoms with Gasteiger partial charge in [0.05, 0.1) is 6.10 Å². The van der Waals surface area contributed by atoms with Crippen LogP contribution in [0.1, 0.15) is 44.9 Å². The zero-order chi connectivity index (χ0) is 11.4. The normalized spacial score (nSPS) is 30.6. The molecule has 2 aliphatic rings. The molecule has 0 aromatic heterocycles. The first-order valence-electron chi connectivity index (χ1n) is 6.46. The molecule has 2 fully saturated rings.